The number of anilines is 1. The molecule has 9 nitrogen and oxygen atoms in total. The molecular weight excluding hydrogens is 274 g/mol. The minimum absolute atomic E-state index is 0.0665. The average molecular weight is 283 g/mol. The van der Waals surface area contributed by atoms with Crippen molar-refractivity contribution in [2.24, 2.45) is 0 Å². The van der Waals surface area contributed by atoms with Gasteiger partial charge in [0.2, 0.25) is 5.95 Å². The van der Waals surface area contributed by atoms with E-state index in [4.69, 9.17) is 0 Å². The van der Waals surface area contributed by atoms with Crippen molar-refractivity contribution >= 4 is 21.7 Å². The van der Waals surface area contributed by atoms with Crippen molar-refractivity contribution < 1.29 is 13.3 Å². The highest BCUT2D eigenvalue weighted by Crippen LogP contribution is 2.23. The molecule has 0 aliphatic rings. The van der Waals surface area contributed by atoms with E-state index in [0.717, 1.165) is 12.4 Å². The Morgan fingerprint density at radius 2 is 2.16 bits per heavy atom. The maximum absolute atomic E-state index is 12.0. The van der Waals surface area contributed by atoms with E-state index in [1.54, 1.807) is 0 Å². The predicted molar refractivity (Wildman–Crippen MR) is 65.0 cm³/mol. The van der Waals surface area contributed by atoms with Crippen LogP contribution in [0.2, 0.25) is 0 Å². The third kappa shape index (κ3) is 2.68. The molecule has 0 aliphatic heterocycles. The number of aromatic amines is 1. The van der Waals surface area contributed by atoms with Gasteiger partial charge in [0, 0.05) is 11.6 Å². The molecule has 2 rings (SSSR count). The Labute approximate surface area is 107 Å². The SMILES string of the molecule is Cc1ccc(S(=O)(=O)Nc2ncn[nH]2)cc1[N+](=O)[O-]. The van der Waals surface area contributed by atoms with Crippen molar-refractivity contribution in [1.29, 1.82) is 0 Å². The number of rotatable bonds is 4. The molecule has 19 heavy (non-hydrogen) atoms. The lowest BCUT2D eigenvalue weighted by Gasteiger charge is -2.05. The van der Waals surface area contributed by atoms with Gasteiger partial charge in [0.05, 0.1) is 9.82 Å². The van der Waals surface area contributed by atoms with Gasteiger partial charge in [0.1, 0.15) is 6.33 Å². The van der Waals surface area contributed by atoms with E-state index in [1.807, 2.05) is 0 Å². The molecule has 0 aliphatic carbocycles. The molecule has 10 heteroatoms. The third-order valence-corrected chi connectivity index (χ3v) is 3.67. The smallest absolute Gasteiger partial charge is 0.258 e. The van der Waals surface area contributed by atoms with Gasteiger partial charge in [0.25, 0.3) is 15.7 Å². The van der Waals surface area contributed by atoms with E-state index in [9.17, 15) is 18.5 Å². The Kier molecular flexibility index (Phi) is 3.17. The van der Waals surface area contributed by atoms with Crippen LogP contribution in [0.15, 0.2) is 29.4 Å². The van der Waals surface area contributed by atoms with Crippen molar-refractivity contribution in [1.82, 2.24) is 15.2 Å². The molecule has 0 unspecified atom stereocenters. The van der Waals surface area contributed by atoms with Crippen LogP contribution in [0.1, 0.15) is 5.56 Å². The van der Waals surface area contributed by atoms with E-state index in [-0.39, 0.29) is 16.5 Å². The highest BCUT2D eigenvalue weighted by atomic mass is 32.2. The maximum atomic E-state index is 12.0. The highest BCUT2D eigenvalue weighted by molar-refractivity contribution is 7.92. The number of nitro groups is 1. The second kappa shape index (κ2) is 4.65. The summed E-state index contributed by atoms with van der Waals surface area (Å²) in [6.45, 7) is 1.53. The topological polar surface area (TPSA) is 131 Å². The van der Waals surface area contributed by atoms with Gasteiger partial charge in [0.15, 0.2) is 0 Å². The molecule has 0 atom stereocenters. The van der Waals surface area contributed by atoms with Gasteiger partial charge in [-0.05, 0) is 13.0 Å². The van der Waals surface area contributed by atoms with Crippen LogP contribution in [0.3, 0.4) is 0 Å². The summed E-state index contributed by atoms with van der Waals surface area (Å²) in [5, 5.41) is 16.6. The van der Waals surface area contributed by atoms with Crippen molar-refractivity contribution in [3.05, 3.63) is 40.2 Å². The molecular formula is C9H9N5O4S. The number of hydrogen-bond acceptors (Lipinski definition) is 6. The van der Waals surface area contributed by atoms with E-state index in [2.05, 4.69) is 19.9 Å². The fourth-order valence-electron chi connectivity index (χ4n) is 1.39. The van der Waals surface area contributed by atoms with E-state index < -0.39 is 14.9 Å². The predicted octanol–water partition coefficient (Wildman–Crippen LogP) is 0.822. The van der Waals surface area contributed by atoms with Gasteiger partial charge in [-0.2, -0.15) is 10.1 Å². The fraction of sp³-hybridized carbons (Fsp3) is 0.111. The number of nitrogens with zero attached hydrogens (tertiary/aromatic N) is 3. The molecule has 0 radical (unpaired) electrons. The zero-order valence-corrected chi connectivity index (χ0v) is 10.5. The molecule has 1 heterocycles. The van der Waals surface area contributed by atoms with Gasteiger partial charge in [-0.1, -0.05) is 6.07 Å². The first-order chi connectivity index (χ1) is 8.90. The largest absolute Gasteiger partial charge is 0.273 e. The van der Waals surface area contributed by atoms with Crippen LogP contribution < -0.4 is 4.72 Å². The summed E-state index contributed by atoms with van der Waals surface area (Å²) in [5.41, 5.74) is 0.115. The van der Waals surface area contributed by atoms with Gasteiger partial charge >= 0.3 is 0 Å². The summed E-state index contributed by atoms with van der Waals surface area (Å²) < 4.78 is 26.0. The lowest BCUT2D eigenvalue weighted by molar-refractivity contribution is -0.385. The van der Waals surface area contributed by atoms with E-state index >= 15 is 0 Å². The van der Waals surface area contributed by atoms with Crippen molar-refractivity contribution in [2.75, 3.05) is 4.72 Å². The molecule has 0 fully saturated rings. The van der Waals surface area contributed by atoms with Crippen LogP contribution in [0, 0.1) is 17.0 Å². The number of aromatic nitrogens is 3. The highest BCUT2D eigenvalue weighted by Gasteiger charge is 2.20. The molecule has 0 spiro atoms. The molecule has 0 bridgehead atoms. The lowest BCUT2D eigenvalue weighted by atomic mass is 10.2. The Hall–Kier alpha value is -2.49. The number of aryl methyl sites for hydroxylation is 1. The van der Waals surface area contributed by atoms with Gasteiger partial charge < -0.3 is 0 Å². The first-order valence-electron chi connectivity index (χ1n) is 5.03. The molecule has 1 aromatic heterocycles. The lowest BCUT2D eigenvalue weighted by Crippen LogP contribution is -2.14. The van der Waals surface area contributed by atoms with Crippen LogP contribution in [0.25, 0.3) is 0 Å². The second-order valence-electron chi connectivity index (χ2n) is 3.64. The van der Waals surface area contributed by atoms with Gasteiger partial charge in [-0.3, -0.25) is 10.1 Å². The van der Waals surface area contributed by atoms with Crippen LogP contribution >= 0.6 is 0 Å². The van der Waals surface area contributed by atoms with Crippen molar-refractivity contribution in [3.63, 3.8) is 0 Å². The minimum atomic E-state index is -3.94. The summed E-state index contributed by atoms with van der Waals surface area (Å²) >= 11 is 0. The molecule has 2 N–H and O–H groups in total. The summed E-state index contributed by atoms with van der Waals surface area (Å²) in [7, 11) is -3.94. The first kappa shape index (κ1) is 13.0. The Morgan fingerprint density at radius 3 is 2.74 bits per heavy atom. The maximum Gasteiger partial charge on any atom is 0.273 e. The summed E-state index contributed by atoms with van der Waals surface area (Å²) in [6, 6.07) is 3.64. The fourth-order valence-corrected chi connectivity index (χ4v) is 2.38. The van der Waals surface area contributed by atoms with Crippen LogP contribution in [0.5, 0.6) is 0 Å². The second-order valence-corrected chi connectivity index (χ2v) is 5.33. The van der Waals surface area contributed by atoms with Crippen molar-refractivity contribution in [2.45, 2.75) is 11.8 Å². The normalized spacial score (nSPS) is 11.2. The Bertz CT molecular complexity index is 710. The van der Waals surface area contributed by atoms with E-state index in [0.29, 0.717) is 5.56 Å². The number of sulfonamides is 1. The van der Waals surface area contributed by atoms with E-state index in [1.165, 1.54) is 19.1 Å². The number of benzene rings is 1. The average Bonchev–Trinajstić information content (AvgIpc) is 2.80. The first-order valence-corrected chi connectivity index (χ1v) is 6.52. The number of H-pyrrole nitrogens is 1. The molecule has 0 amide bonds. The number of nitro benzene ring substituents is 1. The van der Waals surface area contributed by atoms with Crippen LogP contribution in [-0.4, -0.2) is 28.5 Å². The monoisotopic (exact) mass is 283 g/mol. The van der Waals surface area contributed by atoms with Crippen molar-refractivity contribution in [3.8, 4) is 0 Å². The molecule has 2 aromatic rings. The molecule has 1 aromatic carbocycles. The van der Waals surface area contributed by atoms with Gasteiger partial charge in [-0.15, -0.1) is 0 Å². The molecule has 0 saturated carbocycles. The minimum Gasteiger partial charge on any atom is -0.258 e. The summed E-state index contributed by atoms with van der Waals surface area (Å²) in [4.78, 5) is 13.5. The zero-order chi connectivity index (χ0) is 14.0. The standard InChI is InChI=1S/C9H9N5O4S/c1-6-2-3-7(4-8(6)14(15)16)19(17,18)13-9-10-5-11-12-9/h2-5H,1H3,(H2,10,11,12,13). The quantitative estimate of drug-likeness (QED) is 0.630. The van der Waals surface area contributed by atoms with Gasteiger partial charge in [-0.25, -0.2) is 18.2 Å². The zero-order valence-electron chi connectivity index (χ0n) is 9.69. The summed E-state index contributed by atoms with van der Waals surface area (Å²) in [6.07, 6.45) is 1.13. The van der Waals surface area contributed by atoms with Crippen LogP contribution in [-0.2, 0) is 10.0 Å². The summed E-state index contributed by atoms with van der Waals surface area (Å²) in [5.74, 6) is -0.0665. The number of hydrogen-bond donors (Lipinski definition) is 2. The third-order valence-electron chi connectivity index (χ3n) is 2.33. The number of nitrogens with one attached hydrogen (secondary N) is 2. The molecule has 100 valence electrons. The van der Waals surface area contributed by atoms with Crippen LogP contribution in [0.4, 0.5) is 11.6 Å². The molecule has 0 saturated heterocycles. The Balaban J connectivity index is 2.41. The Morgan fingerprint density at radius 1 is 1.42 bits per heavy atom.